The van der Waals surface area contributed by atoms with Gasteiger partial charge in [0.05, 0.1) is 0 Å². The fourth-order valence-electron chi connectivity index (χ4n) is 2.56. The van der Waals surface area contributed by atoms with Crippen LogP contribution in [-0.4, -0.2) is 28.7 Å². The summed E-state index contributed by atoms with van der Waals surface area (Å²) >= 11 is 0. The van der Waals surface area contributed by atoms with Crippen LogP contribution in [0.5, 0.6) is 0 Å². The summed E-state index contributed by atoms with van der Waals surface area (Å²) < 4.78 is 0. The molecule has 2 aliphatic carbocycles. The first kappa shape index (κ1) is 12.2. The molecule has 3 N–H and O–H groups in total. The number of rotatable bonds is 3. The molecule has 2 amide bonds. The largest absolute Gasteiger partial charge is 0.479 e. The van der Waals surface area contributed by atoms with Crippen LogP contribution in [0.15, 0.2) is 0 Å². The van der Waals surface area contributed by atoms with Gasteiger partial charge in [0.15, 0.2) is 0 Å². The Kier molecular flexibility index (Phi) is 3.26. The molecule has 2 aliphatic rings. The van der Waals surface area contributed by atoms with Crippen LogP contribution in [0.1, 0.15) is 45.4 Å². The number of carboxylic acids is 1. The molecule has 0 aromatic rings. The smallest absolute Gasteiger partial charge is 0.329 e. The molecule has 0 heterocycles. The first-order valence-electron chi connectivity index (χ1n) is 6.36. The molecular weight excluding hydrogens is 220 g/mol. The molecule has 2 rings (SSSR count). The van der Waals surface area contributed by atoms with Gasteiger partial charge in [0.1, 0.15) is 5.54 Å². The van der Waals surface area contributed by atoms with Gasteiger partial charge in [-0.15, -0.1) is 0 Å². The maximum atomic E-state index is 11.7. The van der Waals surface area contributed by atoms with E-state index in [1.54, 1.807) is 0 Å². The first-order chi connectivity index (χ1) is 8.04. The van der Waals surface area contributed by atoms with Crippen molar-refractivity contribution in [3.05, 3.63) is 0 Å². The number of urea groups is 1. The van der Waals surface area contributed by atoms with Gasteiger partial charge in [-0.25, -0.2) is 9.59 Å². The number of hydrogen-bond acceptors (Lipinski definition) is 2. The molecule has 2 atom stereocenters. The molecule has 0 aromatic carbocycles. The van der Waals surface area contributed by atoms with Gasteiger partial charge in [-0.2, -0.15) is 0 Å². The second-order valence-electron chi connectivity index (χ2n) is 5.30. The quantitative estimate of drug-likeness (QED) is 0.699. The number of carbonyl (C=O) groups is 2. The molecule has 0 saturated heterocycles. The summed E-state index contributed by atoms with van der Waals surface area (Å²) in [5, 5.41) is 14.9. The van der Waals surface area contributed by atoms with Crippen molar-refractivity contribution < 1.29 is 14.7 Å². The van der Waals surface area contributed by atoms with Crippen molar-refractivity contribution >= 4 is 12.0 Å². The zero-order chi connectivity index (χ0) is 12.5. The normalized spacial score (nSPS) is 32.9. The molecule has 0 bridgehead atoms. The highest BCUT2D eigenvalue weighted by Crippen LogP contribution is 2.34. The lowest BCUT2D eigenvalue weighted by Crippen LogP contribution is -2.62. The summed E-state index contributed by atoms with van der Waals surface area (Å²) in [4.78, 5) is 23.2. The number of carbonyl (C=O) groups excluding carboxylic acids is 1. The molecular formula is C12H20N2O3. The van der Waals surface area contributed by atoms with Crippen LogP contribution in [0, 0.1) is 5.92 Å². The van der Waals surface area contributed by atoms with E-state index < -0.39 is 11.5 Å². The van der Waals surface area contributed by atoms with Crippen molar-refractivity contribution in [3.8, 4) is 0 Å². The molecule has 2 unspecified atom stereocenters. The molecule has 0 spiro atoms. The summed E-state index contributed by atoms with van der Waals surface area (Å²) in [6.07, 6.45) is 5.30. The predicted molar refractivity (Wildman–Crippen MR) is 62.7 cm³/mol. The van der Waals surface area contributed by atoms with Gasteiger partial charge in [0, 0.05) is 6.04 Å². The average Bonchev–Trinajstić information content (AvgIpc) is 3.05. The summed E-state index contributed by atoms with van der Waals surface area (Å²) in [6.45, 7) is 1.91. The highest BCUT2D eigenvalue weighted by molar-refractivity contribution is 5.86. The number of carboxylic acid groups (broad SMARTS) is 1. The molecule has 2 fully saturated rings. The third kappa shape index (κ3) is 2.53. The van der Waals surface area contributed by atoms with E-state index in [-0.39, 0.29) is 18.0 Å². The minimum Gasteiger partial charge on any atom is -0.479 e. The minimum atomic E-state index is -1.07. The highest BCUT2D eigenvalue weighted by Gasteiger charge is 2.46. The summed E-state index contributed by atoms with van der Waals surface area (Å²) in [5.74, 6) is -0.922. The third-order valence-electron chi connectivity index (χ3n) is 3.93. The van der Waals surface area contributed by atoms with Crippen molar-refractivity contribution in [1.29, 1.82) is 0 Å². The van der Waals surface area contributed by atoms with Crippen molar-refractivity contribution in [1.82, 2.24) is 10.6 Å². The van der Waals surface area contributed by atoms with E-state index >= 15 is 0 Å². The summed E-state index contributed by atoms with van der Waals surface area (Å²) in [5.41, 5.74) is -1.07. The molecule has 5 nitrogen and oxygen atoms in total. The van der Waals surface area contributed by atoms with Gasteiger partial charge in [-0.05, 0) is 31.6 Å². The van der Waals surface area contributed by atoms with Crippen LogP contribution in [0.25, 0.3) is 0 Å². The van der Waals surface area contributed by atoms with Gasteiger partial charge < -0.3 is 15.7 Å². The van der Waals surface area contributed by atoms with Gasteiger partial charge in [0.25, 0.3) is 0 Å². The fraction of sp³-hybridized carbons (Fsp3) is 0.833. The van der Waals surface area contributed by atoms with E-state index in [0.29, 0.717) is 6.42 Å². The molecule has 5 heteroatoms. The minimum absolute atomic E-state index is 0.0151. The lowest BCUT2D eigenvalue weighted by Gasteiger charge is -2.39. The van der Waals surface area contributed by atoms with E-state index in [9.17, 15) is 14.7 Å². The van der Waals surface area contributed by atoms with Crippen molar-refractivity contribution in [2.45, 2.75) is 57.0 Å². The number of hydrogen-bond donors (Lipinski definition) is 3. The Balaban J connectivity index is 2.04. The number of nitrogens with one attached hydrogen (secondary N) is 2. The van der Waals surface area contributed by atoms with E-state index in [4.69, 9.17) is 0 Å². The Bertz CT molecular complexity index is 328. The maximum absolute atomic E-state index is 11.7. The van der Waals surface area contributed by atoms with Crippen LogP contribution >= 0.6 is 0 Å². The third-order valence-corrected chi connectivity index (χ3v) is 3.93. The molecule has 0 aromatic heterocycles. The zero-order valence-electron chi connectivity index (χ0n) is 10.2. The SMILES string of the molecule is CC1CCCCC1(NC(=O)NC1CC1)C(=O)O. The molecule has 17 heavy (non-hydrogen) atoms. The topological polar surface area (TPSA) is 78.4 Å². The van der Waals surface area contributed by atoms with Crippen molar-refractivity contribution in [3.63, 3.8) is 0 Å². The van der Waals surface area contributed by atoms with Crippen LogP contribution in [0.4, 0.5) is 4.79 Å². The Morgan fingerprint density at radius 3 is 2.47 bits per heavy atom. The van der Waals surface area contributed by atoms with E-state index in [0.717, 1.165) is 32.1 Å². The second kappa shape index (κ2) is 4.55. The Hall–Kier alpha value is -1.26. The van der Waals surface area contributed by atoms with Crippen LogP contribution in [0.3, 0.4) is 0 Å². The number of aliphatic carboxylic acids is 1. The molecule has 0 aliphatic heterocycles. The van der Waals surface area contributed by atoms with Gasteiger partial charge >= 0.3 is 12.0 Å². The summed E-state index contributed by atoms with van der Waals surface area (Å²) in [7, 11) is 0. The molecule has 0 radical (unpaired) electrons. The van der Waals surface area contributed by atoms with E-state index in [1.807, 2.05) is 6.92 Å². The summed E-state index contributed by atoms with van der Waals surface area (Å²) in [6, 6.07) is -0.0802. The van der Waals surface area contributed by atoms with Crippen molar-refractivity contribution in [2.75, 3.05) is 0 Å². The Morgan fingerprint density at radius 2 is 1.94 bits per heavy atom. The average molecular weight is 240 g/mol. The predicted octanol–water partition coefficient (Wildman–Crippen LogP) is 1.48. The lowest BCUT2D eigenvalue weighted by atomic mass is 9.73. The van der Waals surface area contributed by atoms with Gasteiger partial charge in [-0.3, -0.25) is 0 Å². The number of amides is 2. The Morgan fingerprint density at radius 1 is 1.24 bits per heavy atom. The monoisotopic (exact) mass is 240 g/mol. The maximum Gasteiger partial charge on any atom is 0.329 e. The van der Waals surface area contributed by atoms with Crippen LogP contribution < -0.4 is 10.6 Å². The standard InChI is InChI=1S/C12H20N2O3/c1-8-4-2-3-7-12(8,10(15)16)14-11(17)13-9-5-6-9/h8-9H,2-7H2,1H3,(H,15,16)(H2,13,14,17). The fourth-order valence-corrected chi connectivity index (χ4v) is 2.56. The zero-order valence-corrected chi connectivity index (χ0v) is 10.2. The van der Waals surface area contributed by atoms with Gasteiger partial charge in [-0.1, -0.05) is 19.8 Å². The highest BCUT2D eigenvalue weighted by atomic mass is 16.4. The van der Waals surface area contributed by atoms with E-state index in [2.05, 4.69) is 10.6 Å². The van der Waals surface area contributed by atoms with Crippen molar-refractivity contribution in [2.24, 2.45) is 5.92 Å². The first-order valence-corrected chi connectivity index (χ1v) is 6.36. The molecule has 2 saturated carbocycles. The lowest BCUT2D eigenvalue weighted by molar-refractivity contribution is -0.148. The molecule has 96 valence electrons. The van der Waals surface area contributed by atoms with Crippen LogP contribution in [-0.2, 0) is 4.79 Å². The van der Waals surface area contributed by atoms with E-state index in [1.165, 1.54) is 0 Å². The van der Waals surface area contributed by atoms with Gasteiger partial charge in [0.2, 0.25) is 0 Å². The second-order valence-corrected chi connectivity index (χ2v) is 5.30. The Labute approximate surface area is 101 Å². The van der Waals surface area contributed by atoms with Crippen LogP contribution in [0.2, 0.25) is 0 Å².